The zero-order valence-corrected chi connectivity index (χ0v) is 17.5. The zero-order valence-electron chi connectivity index (χ0n) is 16.6. The molecule has 0 radical (unpaired) electrons. The highest BCUT2D eigenvalue weighted by molar-refractivity contribution is 7.13. The molecule has 29 heavy (non-hydrogen) atoms. The highest BCUT2D eigenvalue weighted by Gasteiger charge is 2.25. The lowest BCUT2D eigenvalue weighted by Crippen LogP contribution is -2.49. The maximum Gasteiger partial charge on any atom is 0.264 e. The predicted octanol–water partition coefficient (Wildman–Crippen LogP) is 2.56. The molecule has 3 aromatic rings. The Morgan fingerprint density at radius 1 is 1.07 bits per heavy atom. The first kappa shape index (κ1) is 19.3. The van der Waals surface area contributed by atoms with E-state index in [1.165, 1.54) is 11.3 Å². The van der Waals surface area contributed by atoms with Gasteiger partial charge in [0.1, 0.15) is 5.82 Å². The molecule has 3 heterocycles. The van der Waals surface area contributed by atoms with Crippen LogP contribution >= 0.6 is 11.3 Å². The molecule has 1 aliphatic heterocycles. The van der Waals surface area contributed by atoms with Crippen LogP contribution in [0.25, 0.3) is 10.9 Å². The topological polar surface area (TPSA) is 93.8 Å². The number of rotatable bonds is 4. The van der Waals surface area contributed by atoms with Gasteiger partial charge in [-0.2, -0.15) is 4.98 Å². The summed E-state index contributed by atoms with van der Waals surface area (Å²) in [4.78, 5) is 27.7. The van der Waals surface area contributed by atoms with Gasteiger partial charge in [0, 0.05) is 42.5 Å². The molecule has 1 amide bonds. The normalized spacial score (nSPS) is 14.3. The average Bonchev–Trinajstić information content (AvgIpc) is 3.18. The van der Waals surface area contributed by atoms with E-state index in [1.807, 2.05) is 24.0 Å². The fourth-order valence-corrected chi connectivity index (χ4v) is 4.26. The van der Waals surface area contributed by atoms with Gasteiger partial charge in [0.2, 0.25) is 5.95 Å². The summed E-state index contributed by atoms with van der Waals surface area (Å²) < 4.78 is 10.7. The van der Waals surface area contributed by atoms with E-state index in [9.17, 15) is 4.79 Å². The minimum absolute atomic E-state index is 0.0820. The van der Waals surface area contributed by atoms with E-state index in [1.54, 1.807) is 26.4 Å². The van der Waals surface area contributed by atoms with Gasteiger partial charge in [-0.15, -0.1) is 11.3 Å². The molecule has 2 N–H and O–H groups in total. The Morgan fingerprint density at radius 2 is 1.76 bits per heavy atom. The molecule has 4 rings (SSSR count). The van der Waals surface area contributed by atoms with Crippen molar-refractivity contribution in [3.05, 3.63) is 34.0 Å². The number of hydrogen-bond acceptors (Lipinski definition) is 8. The molecule has 0 bridgehead atoms. The third kappa shape index (κ3) is 3.65. The van der Waals surface area contributed by atoms with Crippen molar-refractivity contribution in [3.63, 3.8) is 0 Å². The van der Waals surface area contributed by atoms with E-state index in [0.717, 1.165) is 9.75 Å². The van der Waals surface area contributed by atoms with Gasteiger partial charge in [-0.25, -0.2) is 4.98 Å². The summed E-state index contributed by atoms with van der Waals surface area (Å²) in [6.45, 7) is 4.53. The quantitative estimate of drug-likeness (QED) is 0.702. The second-order valence-electron chi connectivity index (χ2n) is 6.82. The van der Waals surface area contributed by atoms with E-state index in [-0.39, 0.29) is 5.91 Å². The molecular formula is C20H23N5O3S. The average molecular weight is 414 g/mol. The van der Waals surface area contributed by atoms with Gasteiger partial charge in [-0.05, 0) is 25.1 Å². The van der Waals surface area contributed by atoms with Crippen molar-refractivity contribution in [2.24, 2.45) is 0 Å². The monoisotopic (exact) mass is 413 g/mol. The summed E-state index contributed by atoms with van der Waals surface area (Å²) >= 11 is 1.53. The van der Waals surface area contributed by atoms with Crippen LogP contribution < -0.4 is 20.1 Å². The Bertz CT molecular complexity index is 1060. The van der Waals surface area contributed by atoms with Crippen molar-refractivity contribution in [2.45, 2.75) is 6.92 Å². The first-order valence-corrected chi connectivity index (χ1v) is 10.1. The lowest BCUT2D eigenvalue weighted by Gasteiger charge is -2.34. The van der Waals surface area contributed by atoms with Crippen LogP contribution in [0.15, 0.2) is 24.3 Å². The van der Waals surface area contributed by atoms with Gasteiger partial charge in [-0.1, -0.05) is 0 Å². The first-order chi connectivity index (χ1) is 14.0. The van der Waals surface area contributed by atoms with Crippen LogP contribution in [0.1, 0.15) is 14.5 Å². The number of methoxy groups -OCH3 is 2. The minimum Gasteiger partial charge on any atom is -0.493 e. The van der Waals surface area contributed by atoms with Crippen LogP contribution in [-0.2, 0) is 0 Å². The van der Waals surface area contributed by atoms with Gasteiger partial charge in [-0.3, -0.25) is 4.79 Å². The number of aromatic nitrogens is 2. The maximum atomic E-state index is 12.7. The number of ether oxygens (including phenoxy) is 2. The second-order valence-corrected chi connectivity index (χ2v) is 8.11. The van der Waals surface area contributed by atoms with E-state index in [4.69, 9.17) is 15.2 Å². The van der Waals surface area contributed by atoms with Gasteiger partial charge in [0.15, 0.2) is 11.5 Å². The molecule has 1 aliphatic rings. The largest absolute Gasteiger partial charge is 0.493 e. The smallest absolute Gasteiger partial charge is 0.264 e. The van der Waals surface area contributed by atoms with Crippen molar-refractivity contribution >= 4 is 39.9 Å². The summed E-state index contributed by atoms with van der Waals surface area (Å²) in [7, 11) is 3.16. The molecule has 1 saturated heterocycles. The number of nitrogens with two attached hydrogens (primary N) is 1. The van der Waals surface area contributed by atoms with Crippen molar-refractivity contribution in [2.75, 3.05) is 51.0 Å². The van der Waals surface area contributed by atoms with Gasteiger partial charge in [0.25, 0.3) is 5.91 Å². The number of fused-ring (bicyclic) bond motifs is 1. The molecule has 1 fully saturated rings. The Morgan fingerprint density at radius 3 is 2.38 bits per heavy atom. The van der Waals surface area contributed by atoms with E-state index >= 15 is 0 Å². The summed E-state index contributed by atoms with van der Waals surface area (Å²) in [6, 6.07) is 7.45. The zero-order chi connectivity index (χ0) is 20.5. The summed E-state index contributed by atoms with van der Waals surface area (Å²) in [6.07, 6.45) is 0. The number of thiophene rings is 1. The molecule has 0 unspecified atom stereocenters. The number of nitrogen functional groups attached to an aromatic ring is 1. The Balaban J connectivity index is 1.54. The molecule has 0 atom stereocenters. The molecule has 0 spiro atoms. The molecule has 2 aromatic heterocycles. The number of benzene rings is 1. The lowest BCUT2D eigenvalue weighted by molar-refractivity contribution is 0.0751. The van der Waals surface area contributed by atoms with Gasteiger partial charge >= 0.3 is 0 Å². The first-order valence-electron chi connectivity index (χ1n) is 9.30. The second kappa shape index (κ2) is 7.75. The number of carbonyl (C=O) groups is 1. The van der Waals surface area contributed by atoms with Gasteiger partial charge in [0.05, 0.1) is 24.6 Å². The molecule has 1 aromatic carbocycles. The summed E-state index contributed by atoms with van der Waals surface area (Å²) in [5.41, 5.74) is 6.89. The third-order valence-electron chi connectivity index (χ3n) is 5.02. The van der Waals surface area contributed by atoms with Crippen molar-refractivity contribution < 1.29 is 14.3 Å². The summed E-state index contributed by atoms with van der Waals surface area (Å²) in [5.74, 6) is 2.20. The molecule has 0 saturated carbocycles. The van der Waals surface area contributed by atoms with Crippen molar-refractivity contribution in [1.29, 1.82) is 0 Å². The molecule has 152 valence electrons. The number of amides is 1. The van der Waals surface area contributed by atoms with E-state index in [0.29, 0.717) is 60.3 Å². The molecule has 0 aliphatic carbocycles. The van der Waals surface area contributed by atoms with Crippen LogP contribution in [0, 0.1) is 6.92 Å². The highest BCUT2D eigenvalue weighted by Crippen LogP contribution is 2.34. The van der Waals surface area contributed by atoms with Crippen LogP contribution in [0.3, 0.4) is 0 Å². The number of anilines is 2. The number of piperazine rings is 1. The lowest BCUT2D eigenvalue weighted by atomic mass is 10.2. The van der Waals surface area contributed by atoms with E-state index in [2.05, 4.69) is 14.9 Å². The predicted molar refractivity (Wildman–Crippen MR) is 114 cm³/mol. The number of hydrogen-bond donors (Lipinski definition) is 1. The Labute approximate surface area is 172 Å². The fourth-order valence-electron chi connectivity index (χ4n) is 3.42. The third-order valence-corrected chi connectivity index (χ3v) is 6.01. The van der Waals surface area contributed by atoms with Crippen LogP contribution in [-0.4, -0.2) is 61.2 Å². The molecule has 8 nitrogen and oxygen atoms in total. The van der Waals surface area contributed by atoms with Crippen LogP contribution in [0.2, 0.25) is 0 Å². The maximum absolute atomic E-state index is 12.7. The number of carbonyl (C=O) groups excluding carboxylic acids is 1. The van der Waals surface area contributed by atoms with E-state index < -0.39 is 0 Å². The molecular weight excluding hydrogens is 390 g/mol. The van der Waals surface area contributed by atoms with Crippen LogP contribution in [0.4, 0.5) is 11.8 Å². The Kier molecular flexibility index (Phi) is 5.14. The molecule has 9 heteroatoms. The number of aryl methyl sites for hydroxylation is 1. The van der Waals surface area contributed by atoms with Crippen molar-refractivity contribution in [1.82, 2.24) is 14.9 Å². The Hall–Kier alpha value is -3.07. The van der Waals surface area contributed by atoms with Crippen LogP contribution in [0.5, 0.6) is 11.5 Å². The fraction of sp³-hybridized carbons (Fsp3) is 0.350. The minimum atomic E-state index is 0.0820. The SMILES string of the molecule is COc1cc2nc(N3CCN(C(=O)c4ccc(C)s4)CC3)nc(N)c2cc1OC. The van der Waals surface area contributed by atoms with Crippen molar-refractivity contribution in [3.8, 4) is 11.5 Å². The highest BCUT2D eigenvalue weighted by atomic mass is 32.1. The number of nitrogens with zero attached hydrogens (tertiary/aromatic N) is 4. The summed E-state index contributed by atoms with van der Waals surface area (Å²) in [5, 5.41) is 0.716. The van der Waals surface area contributed by atoms with Gasteiger partial charge < -0.3 is 25.0 Å². The standard InChI is InChI=1S/C20H23N5O3S/c1-12-4-5-17(29-12)19(26)24-6-8-25(9-7-24)20-22-14-11-16(28-3)15(27-2)10-13(14)18(21)23-20/h4-5,10-11H,6-9H2,1-3H3,(H2,21,22,23).